The zero-order chi connectivity index (χ0) is 18.5. The number of fused-ring (bicyclic) bond motifs is 1. The maximum atomic E-state index is 12.6. The lowest BCUT2D eigenvalue weighted by atomic mass is 10.1. The van der Waals surface area contributed by atoms with Crippen molar-refractivity contribution < 1.29 is 9.53 Å². The number of ether oxygens (including phenoxy) is 1. The molecule has 0 spiro atoms. The van der Waals surface area contributed by atoms with Gasteiger partial charge in [-0.15, -0.1) is 11.3 Å². The summed E-state index contributed by atoms with van der Waals surface area (Å²) >= 11 is 1.63. The van der Waals surface area contributed by atoms with Gasteiger partial charge in [-0.2, -0.15) is 0 Å². The van der Waals surface area contributed by atoms with E-state index in [4.69, 9.17) is 4.74 Å². The minimum absolute atomic E-state index is 0.0251. The lowest BCUT2D eigenvalue weighted by Crippen LogP contribution is -2.32. The molecule has 1 amide bonds. The lowest BCUT2D eigenvalue weighted by Gasteiger charge is -2.18. The van der Waals surface area contributed by atoms with Crippen LogP contribution in [0.4, 0.5) is 0 Å². The summed E-state index contributed by atoms with van der Waals surface area (Å²) in [7, 11) is 0. The van der Waals surface area contributed by atoms with Gasteiger partial charge >= 0.3 is 0 Å². The van der Waals surface area contributed by atoms with Gasteiger partial charge in [0.2, 0.25) is 0 Å². The molecule has 0 aliphatic heterocycles. The highest BCUT2D eigenvalue weighted by atomic mass is 32.1. The SMILES string of the molecule is O=C(COc1cccc2ccccc12)N[C@@H](c1ccccc1)c1cccs1. The Kier molecular flexibility index (Phi) is 5.17. The molecule has 4 rings (SSSR count). The van der Waals surface area contributed by atoms with Crippen LogP contribution >= 0.6 is 11.3 Å². The van der Waals surface area contributed by atoms with Gasteiger partial charge in [0.05, 0.1) is 6.04 Å². The van der Waals surface area contributed by atoms with Gasteiger partial charge in [0.1, 0.15) is 5.75 Å². The normalized spacial score (nSPS) is 11.9. The van der Waals surface area contributed by atoms with Crippen LogP contribution in [0.15, 0.2) is 90.3 Å². The second-order valence-electron chi connectivity index (χ2n) is 6.19. The van der Waals surface area contributed by atoms with E-state index < -0.39 is 0 Å². The summed E-state index contributed by atoms with van der Waals surface area (Å²) in [5, 5.41) is 7.22. The number of carbonyl (C=O) groups excluding carboxylic acids is 1. The molecule has 4 aromatic rings. The highest BCUT2D eigenvalue weighted by molar-refractivity contribution is 7.10. The van der Waals surface area contributed by atoms with Gasteiger partial charge < -0.3 is 10.1 Å². The number of hydrogen-bond acceptors (Lipinski definition) is 3. The van der Waals surface area contributed by atoms with Crippen molar-refractivity contribution in [2.75, 3.05) is 6.61 Å². The third kappa shape index (κ3) is 4.01. The second-order valence-corrected chi connectivity index (χ2v) is 7.17. The van der Waals surface area contributed by atoms with Gasteiger partial charge in [-0.05, 0) is 28.5 Å². The first-order chi connectivity index (χ1) is 13.3. The van der Waals surface area contributed by atoms with Crippen molar-refractivity contribution in [3.8, 4) is 5.75 Å². The fourth-order valence-electron chi connectivity index (χ4n) is 3.09. The van der Waals surface area contributed by atoms with Crippen molar-refractivity contribution in [3.63, 3.8) is 0 Å². The van der Waals surface area contributed by atoms with Crippen LogP contribution in [-0.4, -0.2) is 12.5 Å². The zero-order valence-corrected chi connectivity index (χ0v) is 15.5. The minimum Gasteiger partial charge on any atom is -0.483 e. The molecule has 1 atom stereocenters. The summed E-state index contributed by atoms with van der Waals surface area (Å²) < 4.78 is 5.83. The van der Waals surface area contributed by atoms with Crippen molar-refractivity contribution in [2.24, 2.45) is 0 Å². The highest BCUT2D eigenvalue weighted by Gasteiger charge is 2.18. The molecule has 134 valence electrons. The van der Waals surface area contributed by atoms with Crippen molar-refractivity contribution >= 4 is 28.0 Å². The molecule has 1 aromatic heterocycles. The smallest absolute Gasteiger partial charge is 0.258 e. The highest BCUT2D eigenvalue weighted by Crippen LogP contribution is 2.27. The maximum absolute atomic E-state index is 12.6. The number of hydrogen-bond donors (Lipinski definition) is 1. The fraction of sp³-hybridized carbons (Fsp3) is 0.0870. The van der Waals surface area contributed by atoms with E-state index in [1.807, 2.05) is 90.3 Å². The van der Waals surface area contributed by atoms with E-state index in [1.54, 1.807) is 11.3 Å². The standard InChI is InChI=1S/C23H19NO2S/c25-22(16-26-20-13-6-11-17-8-4-5-12-19(17)20)24-23(21-14-7-15-27-21)18-9-2-1-3-10-18/h1-15,23H,16H2,(H,24,25)/t23-/m0/s1. The molecule has 3 aromatic carbocycles. The molecule has 27 heavy (non-hydrogen) atoms. The van der Waals surface area contributed by atoms with Crippen LogP contribution in [0.5, 0.6) is 5.75 Å². The van der Waals surface area contributed by atoms with Gasteiger partial charge in [-0.1, -0.05) is 72.8 Å². The van der Waals surface area contributed by atoms with E-state index in [-0.39, 0.29) is 18.6 Å². The summed E-state index contributed by atoms with van der Waals surface area (Å²) in [4.78, 5) is 13.7. The van der Waals surface area contributed by atoms with Crippen LogP contribution in [0, 0.1) is 0 Å². The molecular weight excluding hydrogens is 354 g/mol. The van der Waals surface area contributed by atoms with E-state index in [0.29, 0.717) is 0 Å². The van der Waals surface area contributed by atoms with Crippen LogP contribution < -0.4 is 10.1 Å². The average Bonchev–Trinajstić information content (AvgIpc) is 3.25. The molecule has 4 heteroatoms. The molecule has 0 aliphatic carbocycles. The number of thiophene rings is 1. The van der Waals surface area contributed by atoms with Crippen molar-refractivity contribution in [3.05, 3.63) is 101 Å². The minimum atomic E-state index is -0.171. The Balaban J connectivity index is 1.49. The molecule has 1 heterocycles. The third-order valence-corrected chi connectivity index (χ3v) is 5.31. The Morgan fingerprint density at radius 1 is 0.889 bits per heavy atom. The summed E-state index contributed by atoms with van der Waals surface area (Å²) in [6.45, 7) is -0.0251. The number of amides is 1. The van der Waals surface area contributed by atoms with Crippen molar-refractivity contribution in [2.45, 2.75) is 6.04 Å². The first kappa shape index (κ1) is 17.3. The van der Waals surface area contributed by atoms with Gasteiger partial charge in [0.15, 0.2) is 6.61 Å². The summed E-state index contributed by atoms with van der Waals surface area (Å²) in [5.74, 6) is 0.570. The molecule has 0 aliphatic rings. The molecule has 0 saturated heterocycles. The number of carbonyl (C=O) groups is 1. The first-order valence-electron chi connectivity index (χ1n) is 8.79. The van der Waals surface area contributed by atoms with E-state index in [9.17, 15) is 4.79 Å². The molecule has 0 bridgehead atoms. The fourth-order valence-corrected chi connectivity index (χ4v) is 3.89. The average molecular weight is 373 g/mol. The van der Waals surface area contributed by atoms with Gasteiger partial charge in [0.25, 0.3) is 5.91 Å². The van der Waals surface area contributed by atoms with E-state index in [1.165, 1.54) is 0 Å². The molecule has 0 radical (unpaired) electrons. The third-order valence-electron chi connectivity index (χ3n) is 4.37. The van der Waals surface area contributed by atoms with E-state index in [0.717, 1.165) is 27.0 Å². The lowest BCUT2D eigenvalue weighted by molar-refractivity contribution is -0.123. The Labute approximate surface area is 162 Å². The number of rotatable bonds is 6. The van der Waals surface area contributed by atoms with Crippen LogP contribution in [0.3, 0.4) is 0 Å². The molecule has 3 nitrogen and oxygen atoms in total. The first-order valence-corrected chi connectivity index (χ1v) is 9.67. The van der Waals surface area contributed by atoms with Gasteiger partial charge in [0, 0.05) is 10.3 Å². The van der Waals surface area contributed by atoms with E-state index >= 15 is 0 Å². The Bertz CT molecular complexity index is 1020. The predicted octanol–water partition coefficient (Wildman–Crippen LogP) is 5.19. The topological polar surface area (TPSA) is 38.3 Å². The van der Waals surface area contributed by atoms with Crippen LogP contribution in [-0.2, 0) is 4.79 Å². The molecule has 0 fully saturated rings. The zero-order valence-electron chi connectivity index (χ0n) is 14.7. The van der Waals surface area contributed by atoms with Gasteiger partial charge in [-0.3, -0.25) is 4.79 Å². The largest absolute Gasteiger partial charge is 0.483 e. The van der Waals surface area contributed by atoms with Gasteiger partial charge in [-0.25, -0.2) is 0 Å². The Hall–Kier alpha value is -3.11. The monoisotopic (exact) mass is 373 g/mol. The van der Waals surface area contributed by atoms with Crippen LogP contribution in [0.1, 0.15) is 16.5 Å². The Morgan fingerprint density at radius 3 is 2.48 bits per heavy atom. The maximum Gasteiger partial charge on any atom is 0.258 e. The Morgan fingerprint density at radius 2 is 1.67 bits per heavy atom. The predicted molar refractivity (Wildman–Crippen MR) is 110 cm³/mol. The second kappa shape index (κ2) is 8.06. The van der Waals surface area contributed by atoms with Crippen molar-refractivity contribution in [1.82, 2.24) is 5.32 Å². The molecule has 0 unspecified atom stereocenters. The molecule has 1 N–H and O–H groups in total. The summed E-state index contributed by atoms with van der Waals surface area (Å²) in [6.07, 6.45) is 0. The number of nitrogens with one attached hydrogen (secondary N) is 1. The quantitative estimate of drug-likeness (QED) is 0.505. The summed E-state index contributed by atoms with van der Waals surface area (Å²) in [5.41, 5.74) is 1.05. The van der Waals surface area contributed by atoms with Crippen LogP contribution in [0.2, 0.25) is 0 Å². The summed E-state index contributed by atoms with van der Waals surface area (Å²) in [6, 6.07) is 27.7. The molecule has 0 saturated carbocycles. The number of benzene rings is 3. The molecular formula is C23H19NO2S. The van der Waals surface area contributed by atoms with Crippen molar-refractivity contribution in [1.29, 1.82) is 0 Å². The van der Waals surface area contributed by atoms with Crippen LogP contribution in [0.25, 0.3) is 10.8 Å². The van der Waals surface area contributed by atoms with E-state index in [2.05, 4.69) is 5.32 Å².